The second-order valence-electron chi connectivity index (χ2n) is 3.92. The van der Waals surface area contributed by atoms with Gasteiger partial charge in [0.15, 0.2) is 0 Å². The molecule has 102 valence electrons. The summed E-state index contributed by atoms with van der Waals surface area (Å²) in [6.07, 6.45) is 0.684. The molecule has 0 amide bonds. The van der Waals surface area contributed by atoms with Gasteiger partial charge in [-0.15, -0.1) is 11.3 Å². The van der Waals surface area contributed by atoms with Crippen LogP contribution in [-0.2, 0) is 16.4 Å². The van der Waals surface area contributed by atoms with Gasteiger partial charge in [0.2, 0.25) is 10.0 Å². The highest BCUT2D eigenvalue weighted by atomic mass is 79.9. The highest BCUT2D eigenvalue weighted by molar-refractivity contribution is 9.10. The van der Waals surface area contributed by atoms with Crippen molar-refractivity contribution in [1.82, 2.24) is 4.72 Å². The van der Waals surface area contributed by atoms with Crippen molar-refractivity contribution < 1.29 is 8.42 Å². The second kappa shape index (κ2) is 6.04. The van der Waals surface area contributed by atoms with Crippen molar-refractivity contribution in [2.24, 2.45) is 0 Å². The van der Waals surface area contributed by atoms with Crippen LogP contribution in [0.3, 0.4) is 0 Å². The molecule has 0 saturated carbocycles. The number of halogens is 1. The number of benzene rings is 1. The van der Waals surface area contributed by atoms with Crippen LogP contribution >= 0.6 is 27.3 Å². The number of hydrogen-bond donors (Lipinski definition) is 2. The molecule has 0 saturated heterocycles. The Bertz CT molecular complexity index is 654. The smallest absolute Gasteiger partial charge is 0.241 e. The summed E-state index contributed by atoms with van der Waals surface area (Å²) in [6.45, 7) is 0.375. The summed E-state index contributed by atoms with van der Waals surface area (Å²) in [5.41, 5.74) is 6.11. The summed E-state index contributed by atoms with van der Waals surface area (Å²) in [5.74, 6) is 0. The number of nitrogens with one attached hydrogen (secondary N) is 1. The van der Waals surface area contributed by atoms with E-state index < -0.39 is 10.0 Å². The maximum Gasteiger partial charge on any atom is 0.241 e. The van der Waals surface area contributed by atoms with E-state index in [1.165, 1.54) is 6.07 Å². The highest BCUT2D eigenvalue weighted by Gasteiger charge is 2.17. The Labute approximate surface area is 124 Å². The lowest BCUT2D eigenvalue weighted by atomic mass is 10.3. The Hall–Kier alpha value is -0.890. The predicted molar refractivity (Wildman–Crippen MR) is 81.8 cm³/mol. The Balaban J connectivity index is 2.05. The molecule has 1 aromatic heterocycles. The molecule has 0 aliphatic rings. The topological polar surface area (TPSA) is 72.2 Å². The molecule has 7 heteroatoms. The summed E-state index contributed by atoms with van der Waals surface area (Å²) >= 11 is 4.83. The molecule has 0 fully saturated rings. The van der Waals surface area contributed by atoms with E-state index in [1.807, 2.05) is 17.5 Å². The van der Waals surface area contributed by atoms with E-state index in [2.05, 4.69) is 20.7 Å². The quantitative estimate of drug-likeness (QED) is 0.805. The molecule has 19 heavy (non-hydrogen) atoms. The third-order valence-corrected chi connectivity index (χ3v) is 5.86. The zero-order chi connectivity index (χ0) is 13.9. The lowest BCUT2D eigenvalue weighted by Crippen LogP contribution is -2.26. The van der Waals surface area contributed by atoms with E-state index in [4.69, 9.17) is 5.73 Å². The number of sulfonamides is 1. The number of nitrogen functional groups attached to an aromatic ring is 1. The maximum absolute atomic E-state index is 12.1. The molecule has 0 radical (unpaired) electrons. The highest BCUT2D eigenvalue weighted by Crippen LogP contribution is 2.24. The van der Waals surface area contributed by atoms with Gasteiger partial charge in [-0.05, 0) is 52.0 Å². The van der Waals surface area contributed by atoms with Gasteiger partial charge < -0.3 is 5.73 Å². The summed E-state index contributed by atoms with van der Waals surface area (Å²) < 4.78 is 27.3. The van der Waals surface area contributed by atoms with Crippen molar-refractivity contribution >= 4 is 43.0 Å². The molecule has 0 unspecified atom stereocenters. The van der Waals surface area contributed by atoms with Crippen molar-refractivity contribution in [3.05, 3.63) is 45.1 Å². The molecular weight excluding hydrogens is 348 g/mol. The molecule has 0 aliphatic carbocycles. The van der Waals surface area contributed by atoms with Gasteiger partial charge in [-0.3, -0.25) is 0 Å². The number of thiophene rings is 1. The first kappa shape index (κ1) is 14.5. The molecule has 1 aromatic carbocycles. The summed E-state index contributed by atoms with van der Waals surface area (Å²) in [5, 5.41) is 1.97. The average Bonchev–Trinajstić information content (AvgIpc) is 2.81. The van der Waals surface area contributed by atoms with Gasteiger partial charge in [0.05, 0.1) is 4.90 Å². The summed E-state index contributed by atoms with van der Waals surface area (Å²) in [6, 6.07) is 8.57. The van der Waals surface area contributed by atoms with Crippen LogP contribution in [0.1, 0.15) is 4.88 Å². The van der Waals surface area contributed by atoms with Gasteiger partial charge in [0.25, 0.3) is 0 Å². The average molecular weight is 361 g/mol. The van der Waals surface area contributed by atoms with Crippen LogP contribution in [0, 0.1) is 0 Å². The van der Waals surface area contributed by atoms with Crippen molar-refractivity contribution in [2.75, 3.05) is 12.3 Å². The Morgan fingerprint density at radius 1 is 1.32 bits per heavy atom. The number of anilines is 1. The standard InChI is InChI=1S/C12H13BrN2O2S2/c13-11-8-9(14)3-4-12(11)19(16,17)15-6-5-10-2-1-7-18-10/h1-4,7-8,15H,5-6,14H2. The molecule has 0 aliphatic heterocycles. The number of nitrogens with two attached hydrogens (primary N) is 1. The van der Waals surface area contributed by atoms with E-state index in [-0.39, 0.29) is 4.90 Å². The summed E-state index contributed by atoms with van der Waals surface area (Å²) in [7, 11) is -3.51. The first-order valence-electron chi connectivity index (χ1n) is 5.56. The van der Waals surface area contributed by atoms with Crippen molar-refractivity contribution in [2.45, 2.75) is 11.3 Å². The lowest BCUT2D eigenvalue weighted by molar-refractivity contribution is 0.581. The van der Waals surface area contributed by atoms with Gasteiger partial charge >= 0.3 is 0 Å². The second-order valence-corrected chi connectivity index (χ2v) is 7.54. The van der Waals surface area contributed by atoms with Gasteiger partial charge in [-0.25, -0.2) is 13.1 Å². The minimum Gasteiger partial charge on any atom is -0.399 e. The molecule has 0 bridgehead atoms. The molecular formula is C12H13BrN2O2S2. The van der Waals surface area contributed by atoms with Crippen LogP contribution in [0.2, 0.25) is 0 Å². The molecule has 0 atom stereocenters. The largest absolute Gasteiger partial charge is 0.399 e. The third kappa shape index (κ3) is 3.79. The minimum absolute atomic E-state index is 0.202. The van der Waals surface area contributed by atoms with Crippen LogP contribution in [0.15, 0.2) is 45.1 Å². The fraction of sp³-hybridized carbons (Fsp3) is 0.167. The van der Waals surface area contributed by atoms with Crippen LogP contribution in [0.25, 0.3) is 0 Å². The number of rotatable bonds is 5. The van der Waals surface area contributed by atoms with Gasteiger partial charge in [-0.2, -0.15) is 0 Å². The number of hydrogen-bond acceptors (Lipinski definition) is 4. The zero-order valence-electron chi connectivity index (χ0n) is 9.97. The summed E-state index contributed by atoms with van der Waals surface area (Å²) in [4.78, 5) is 1.35. The zero-order valence-corrected chi connectivity index (χ0v) is 13.2. The predicted octanol–water partition coefficient (Wildman–Crippen LogP) is 2.61. The molecule has 0 spiro atoms. The first-order chi connectivity index (χ1) is 8.99. The van der Waals surface area contributed by atoms with Gasteiger partial charge in [-0.1, -0.05) is 6.07 Å². The Morgan fingerprint density at radius 2 is 2.11 bits per heavy atom. The molecule has 1 heterocycles. The molecule has 2 rings (SSSR count). The molecule has 3 N–H and O–H groups in total. The lowest BCUT2D eigenvalue weighted by Gasteiger charge is -2.08. The van der Waals surface area contributed by atoms with Gasteiger partial charge in [0, 0.05) is 21.6 Å². The monoisotopic (exact) mass is 360 g/mol. The first-order valence-corrected chi connectivity index (χ1v) is 8.72. The van der Waals surface area contributed by atoms with E-state index in [9.17, 15) is 8.42 Å². The van der Waals surface area contributed by atoms with Gasteiger partial charge in [0.1, 0.15) is 0 Å². The van der Waals surface area contributed by atoms with E-state index in [1.54, 1.807) is 23.5 Å². The Morgan fingerprint density at radius 3 is 2.74 bits per heavy atom. The van der Waals surface area contributed by atoms with E-state index >= 15 is 0 Å². The van der Waals surface area contributed by atoms with Crippen molar-refractivity contribution in [1.29, 1.82) is 0 Å². The third-order valence-electron chi connectivity index (χ3n) is 2.49. The van der Waals surface area contributed by atoms with Crippen LogP contribution in [-0.4, -0.2) is 15.0 Å². The van der Waals surface area contributed by atoms with Crippen molar-refractivity contribution in [3.63, 3.8) is 0 Å². The van der Waals surface area contributed by atoms with E-state index in [0.717, 1.165) is 4.88 Å². The van der Waals surface area contributed by atoms with Crippen LogP contribution < -0.4 is 10.5 Å². The van der Waals surface area contributed by atoms with Crippen LogP contribution in [0.5, 0.6) is 0 Å². The normalized spacial score (nSPS) is 11.6. The maximum atomic E-state index is 12.1. The fourth-order valence-corrected chi connectivity index (χ4v) is 4.41. The molecule has 4 nitrogen and oxygen atoms in total. The van der Waals surface area contributed by atoms with Crippen LogP contribution in [0.4, 0.5) is 5.69 Å². The Kier molecular flexibility index (Phi) is 4.62. The van der Waals surface area contributed by atoms with Crippen molar-refractivity contribution in [3.8, 4) is 0 Å². The van der Waals surface area contributed by atoms with E-state index in [0.29, 0.717) is 23.1 Å². The fourth-order valence-electron chi connectivity index (χ4n) is 1.58. The minimum atomic E-state index is -3.51. The SMILES string of the molecule is Nc1ccc(S(=O)(=O)NCCc2cccs2)c(Br)c1. The molecule has 2 aromatic rings.